The molecule has 0 amide bonds. The summed E-state index contributed by atoms with van der Waals surface area (Å²) in [6.45, 7) is 0. The molecule has 2 aromatic heterocycles. The van der Waals surface area contributed by atoms with Gasteiger partial charge in [0.15, 0.2) is 5.69 Å². The van der Waals surface area contributed by atoms with E-state index in [1.54, 1.807) is 18.2 Å². The van der Waals surface area contributed by atoms with Crippen LogP contribution in [-0.4, -0.2) is 29.6 Å². The number of halogens is 1. The fourth-order valence-electron chi connectivity index (χ4n) is 1.95. The lowest BCUT2D eigenvalue weighted by Crippen LogP contribution is -2.20. The Bertz CT molecular complexity index is 1010. The number of phenols is 1. The summed E-state index contributed by atoms with van der Waals surface area (Å²) in [6, 6.07) is 4.71. The van der Waals surface area contributed by atoms with E-state index in [9.17, 15) is 20.0 Å². The second kappa shape index (κ2) is 5.65. The Morgan fingerprint density at radius 1 is 1.39 bits per heavy atom. The van der Waals surface area contributed by atoms with Crippen molar-refractivity contribution < 1.29 is 10.0 Å². The fourth-order valence-corrected chi connectivity index (χ4v) is 2.35. The number of nitrogens with one attached hydrogen (secondary N) is 1. The summed E-state index contributed by atoms with van der Waals surface area (Å²) in [5.41, 5.74) is -0.936. The molecule has 0 aliphatic carbocycles. The lowest BCUT2D eigenvalue weighted by molar-refractivity contribution is -0.386. The van der Waals surface area contributed by atoms with Crippen molar-refractivity contribution in [3.8, 4) is 5.75 Å². The molecule has 0 fully saturated rings. The van der Waals surface area contributed by atoms with Crippen molar-refractivity contribution in [2.75, 3.05) is 0 Å². The minimum absolute atomic E-state index is 0.0344. The second-order valence-corrected chi connectivity index (χ2v) is 5.33. The minimum atomic E-state index is -0.843. The number of phenolic OH excluding ortho intramolecular Hbond substituents is 1. The van der Waals surface area contributed by atoms with Crippen molar-refractivity contribution in [3.63, 3.8) is 0 Å². The van der Waals surface area contributed by atoms with Crippen LogP contribution in [-0.2, 0) is 0 Å². The van der Waals surface area contributed by atoms with Gasteiger partial charge in [-0.2, -0.15) is 4.52 Å². The lowest BCUT2D eigenvalue weighted by atomic mass is 10.2. The number of aromatic amines is 1. The lowest BCUT2D eigenvalue weighted by Gasteiger charge is -1.99. The van der Waals surface area contributed by atoms with Crippen molar-refractivity contribution in [2.24, 2.45) is 0 Å². The molecule has 9 nitrogen and oxygen atoms in total. The van der Waals surface area contributed by atoms with Gasteiger partial charge in [0, 0.05) is 0 Å². The van der Waals surface area contributed by atoms with E-state index >= 15 is 0 Å². The number of aromatic nitrogens is 4. The van der Waals surface area contributed by atoms with Crippen LogP contribution in [0.25, 0.3) is 17.9 Å². The van der Waals surface area contributed by atoms with Crippen LogP contribution in [0.1, 0.15) is 11.3 Å². The summed E-state index contributed by atoms with van der Waals surface area (Å²) in [5.74, 6) is 0.106. The van der Waals surface area contributed by atoms with E-state index in [0.29, 0.717) is 10.0 Å². The summed E-state index contributed by atoms with van der Waals surface area (Å²) in [7, 11) is 0. The summed E-state index contributed by atoms with van der Waals surface area (Å²) < 4.78 is 1.37. The van der Waals surface area contributed by atoms with Gasteiger partial charge in [-0.25, -0.2) is 9.97 Å². The minimum Gasteiger partial charge on any atom is -0.507 e. The molecule has 23 heavy (non-hydrogen) atoms. The number of benzene rings is 1. The van der Waals surface area contributed by atoms with E-state index in [1.807, 2.05) is 0 Å². The number of nitro groups is 1. The van der Waals surface area contributed by atoms with Crippen LogP contribution < -0.4 is 5.56 Å². The topological polar surface area (TPSA) is 126 Å². The predicted octanol–water partition coefficient (Wildman–Crippen LogP) is 1.96. The molecule has 3 aromatic rings. The van der Waals surface area contributed by atoms with Crippen molar-refractivity contribution in [1.82, 2.24) is 19.6 Å². The van der Waals surface area contributed by atoms with E-state index in [0.717, 1.165) is 4.52 Å². The van der Waals surface area contributed by atoms with Gasteiger partial charge < -0.3 is 5.11 Å². The van der Waals surface area contributed by atoms with Gasteiger partial charge in [0.05, 0.1) is 9.40 Å². The van der Waals surface area contributed by atoms with E-state index in [4.69, 9.17) is 0 Å². The highest BCUT2D eigenvalue weighted by atomic mass is 79.9. The number of fused-ring (bicyclic) bond motifs is 1. The monoisotopic (exact) mass is 377 g/mol. The predicted molar refractivity (Wildman–Crippen MR) is 85.0 cm³/mol. The molecule has 0 atom stereocenters. The normalized spacial score (nSPS) is 11.3. The number of rotatable bonds is 3. The number of hydrogen-bond acceptors (Lipinski definition) is 6. The molecule has 2 N–H and O–H groups in total. The van der Waals surface area contributed by atoms with Gasteiger partial charge >= 0.3 is 11.2 Å². The summed E-state index contributed by atoms with van der Waals surface area (Å²) in [6.07, 6.45) is 4.12. The van der Waals surface area contributed by atoms with Crippen LogP contribution >= 0.6 is 15.9 Å². The van der Waals surface area contributed by atoms with Crippen molar-refractivity contribution in [2.45, 2.75) is 0 Å². The standard InChI is InChI=1S/C13H8BrN5O4/c14-8-5-7(2-4-10(8)20)1-3-9-11(19(22)23)12(21)18-13(17-9)15-6-16-18/h1-6,20H,(H,15,16,17). The van der Waals surface area contributed by atoms with Crippen LogP contribution in [0, 0.1) is 10.1 Å². The quantitative estimate of drug-likeness (QED) is 0.530. The highest BCUT2D eigenvalue weighted by molar-refractivity contribution is 9.10. The molecule has 0 radical (unpaired) electrons. The van der Waals surface area contributed by atoms with E-state index in [2.05, 4.69) is 31.0 Å². The average Bonchev–Trinajstić information content (AvgIpc) is 2.97. The second-order valence-electron chi connectivity index (χ2n) is 4.47. The van der Waals surface area contributed by atoms with Crippen LogP contribution in [0.5, 0.6) is 5.75 Å². The highest BCUT2D eigenvalue weighted by Gasteiger charge is 2.22. The molecule has 10 heteroatoms. The first kappa shape index (κ1) is 14.9. The fraction of sp³-hybridized carbons (Fsp3) is 0. The molecule has 2 heterocycles. The molecular formula is C13H8BrN5O4. The van der Waals surface area contributed by atoms with Gasteiger partial charge in [-0.15, -0.1) is 0 Å². The van der Waals surface area contributed by atoms with Crippen LogP contribution in [0.15, 0.2) is 33.8 Å². The zero-order valence-corrected chi connectivity index (χ0v) is 12.9. The van der Waals surface area contributed by atoms with Crippen molar-refractivity contribution in [3.05, 3.63) is 60.7 Å². The molecule has 3 rings (SSSR count). The number of hydrogen-bond donors (Lipinski definition) is 2. The highest BCUT2D eigenvalue weighted by Crippen LogP contribution is 2.25. The maximum atomic E-state index is 12.1. The Morgan fingerprint density at radius 2 is 2.17 bits per heavy atom. The Hall–Kier alpha value is -3.01. The van der Waals surface area contributed by atoms with Crippen LogP contribution in [0.3, 0.4) is 0 Å². The van der Waals surface area contributed by atoms with E-state index in [-0.39, 0.29) is 17.2 Å². The maximum Gasteiger partial charge on any atom is 0.361 e. The van der Waals surface area contributed by atoms with Crippen molar-refractivity contribution in [1.29, 1.82) is 0 Å². The SMILES string of the molecule is O=c1c([N+](=O)[O-])c(C=Cc2ccc(O)c(Br)c2)nc2nc[nH]n12. The van der Waals surface area contributed by atoms with Gasteiger partial charge in [-0.05, 0) is 39.7 Å². The summed E-state index contributed by atoms with van der Waals surface area (Å²) in [4.78, 5) is 30.3. The molecule has 0 aliphatic rings. The number of aromatic hydroxyl groups is 1. The Morgan fingerprint density at radius 3 is 2.87 bits per heavy atom. The molecule has 0 saturated carbocycles. The third kappa shape index (κ3) is 2.71. The van der Waals surface area contributed by atoms with Crippen LogP contribution in [0.2, 0.25) is 0 Å². The first-order valence-corrected chi connectivity index (χ1v) is 7.04. The Balaban J connectivity index is 2.13. The molecule has 0 bridgehead atoms. The molecule has 0 unspecified atom stereocenters. The molecule has 1 aromatic carbocycles. The Kier molecular flexibility index (Phi) is 3.66. The van der Waals surface area contributed by atoms with Gasteiger partial charge in [-0.1, -0.05) is 12.1 Å². The smallest absolute Gasteiger partial charge is 0.361 e. The largest absolute Gasteiger partial charge is 0.507 e. The molecule has 116 valence electrons. The van der Waals surface area contributed by atoms with Crippen molar-refractivity contribution >= 4 is 39.5 Å². The first-order chi connectivity index (χ1) is 11.0. The van der Waals surface area contributed by atoms with E-state index in [1.165, 1.54) is 18.5 Å². The third-order valence-electron chi connectivity index (χ3n) is 3.02. The number of H-pyrrole nitrogens is 1. The zero-order valence-electron chi connectivity index (χ0n) is 11.3. The third-order valence-corrected chi connectivity index (χ3v) is 3.66. The van der Waals surface area contributed by atoms with Gasteiger partial charge in [-0.3, -0.25) is 20.0 Å². The zero-order chi connectivity index (χ0) is 16.6. The van der Waals surface area contributed by atoms with Gasteiger partial charge in [0.25, 0.3) is 5.78 Å². The van der Waals surface area contributed by atoms with Crippen LogP contribution in [0.4, 0.5) is 5.69 Å². The first-order valence-electron chi connectivity index (χ1n) is 6.24. The van der Waals surface area contributed by atoms with Gasteiger partial charge in [0.2, 0.25) is 0 Å². The summed E-state index contributed by atoms with van der Waals surface area (Å²) >= 11 is 3.17. The summed E-state index contributed by atoms with van der Waals surface area (Å²) in [5, 5.41) is 23.1. The molecule has 0 spiro atoms. The molecular weight excluding hydrogens is 370 g/mol. The maximum absolute atomic E-state index is 12.1. The van der Waals surface area contributed by atoms with Gasteiger partial charge in [0.1, 0.15) is 12.1 Å². The molecule has 0 saturated heterocycles. The molecule has 0 aliphatic heterocycles. The van der Waals surface area contributed by atoms with E-state index < -0.39 is 16.2 Å². The number of nitrogens with zero attached hydrogens (tertiary/aromatic N) is 4. The Labute approximate surface area is 136 Å². The average molecular weight is 378 g/mol.